The zero-order chi connectivity index (χ0) is 24.4. The van der Waals surface area contributed by atoms with Crippen molar-refractivity contribution in [3.05, 3.63) is 80.5 Å². The number of amides is 1. The van der Waals surface area contributed by atoms with Crippen LogP contribution in [0.3, 0.4) is 0 Å². The number of anilines is 1. The molecule has 1 amide bonds. The third-order valence-electron chi connectivity index (χ3n) is 6.50. The summed E-state index contributed by atoms with van der Waals surface area (Å²) in [6.07, 6.45) is 5.01. The summed E-state index contributed by atoms with van der Waals surface area (Å²) in [5.74, 6) is 0.657. The number of nitrogens with one attached hydrogen (secondary N) is 2. The lowest BCUT2D eigenvalue weighted by molar-refractivity contribution is -0.121. The monoisotopic (exact) mass is 507 g/mol. The van der Waals surface area contributed by atoms with Gasteiger partial charge in [-0.1, -0.05) is 56.0 Å². The van der Waals surface area contributed by atoms with E-state index in [1.54, 1.807) is 11.3 Å². The molecule has 1 saturated carbocycles. The highest BCUT2D eigenvalue weighted by Gasteiger charge is 2.43. The van der Waals surface area contributed by atoms with Crippen molar-refractivity contribution in [3.63, 3.8) is 0 Å². The largest absolute Gasteiger partial charge is 0.310 e. The lowest BCUT2D eigenvalue weighted by atomic mass is 9.78. The van der Waals surface area contributed by atoms with Gasteiger partial charge in [0, 0.05) is 22.8 Å². The first kappa shape index (κ1) is 23.5. The van der Waals surface area contributed by atoms with E-state index in [1.807, 2.05) is 54.8 Å². The first-order chi connectivity index (χ1) is 17.0. The molecule has 5 rings (SSSR count). The van der Waals surface area contributed by atoms with Crippen molar-refractivity contribution in [3.8, 4) is 16.5 Å². The second-order valence-electron chi connectivity index (χ2n) is 8.86. The predicted molar refractivity (Wildman–Crippen MR) is 140 cm³/mol. The molecule has 4 aromatic rings. The number of thiophene rings is 1. The molecule has 1 aliphatic rings. The number of aryl methyl sites for hydroxylation is 1. The minimum atomic E-state index is -0.645. The topological polar surface area (TPSA) is 92.7 Å². The Labute approximate surface area is 212 Å². The van der Waals surface area contributed by atoms with Gasteiger partial charge in [0.2, 0.25) is 11.9 Å². The second-order valence-corrected chi connectivity index (χ2v) is 10.2. The van der Waals surface area contributed by atoms with E-state index in [2.05, 4.69) is 15.3 Å². The van der Waals surface area contributed by atoms with Crippen LogP contribution in [0.1, 0.15) is 50.3 Å². The summed E-state index contributed by atoms with van der Waals surface area (Å²) in [6, 6.07) is 14.8. The molecule has 0 radical (unpaired) electrons. The summed E-state index contributed by atoms with van der Waals surface area (Å²) in [5.41, 5.74) is 1.44. The SMILES string of the molecule is CCCc1cc(=O)[nH]c(-n2nc(-c3cccs3)cc2NC(=O)C2(c3ccc(Cl)cc3)CCCC2)n1. The van der Waals surface area contributed by atoms with E-state index in [-0.39, 0.29) is 17.4 Å². The summed E-state index contributed by atoms with van der Waals surface area (Å²) in [7, 11) is 0. The fraction of sp³-hybridized carbons (Fsp3) is 0.308. The third kappa shape index (κ3) is 4.68. The Kier molecular flexibility index (Phi) is 6.58. The molecule has 0 aliphatic heterocycles. The summed E-state index contributed by atoms with van der Waals surface area (Å²) in [4.78, 5) is 34.6. The standard InChI is InChI=1S/C26H26ClN5O2S/c1-2-6-19-15-23(33)30-25(28-19)32-22(16-20(31-32)21-7-5-14-35-21)29-24(34)26(12-3-4-13-26)17-8-10-18(27)11-9-17/h5,7-11,14-16H,2-4,6,12-13H2,1H3,(H,29,34)(H,28,30,33). The van der Waals surface area contributed by atoms with E-state index in [9.17, 15) is 9.59 Å². The first-order valence-electron chi connectivity index (χ1n) is 11.8. The van der Waals surface area contributed by atoms with E-state index in [0.717, 1.165) is 42.5 Å². The van der Waals surface area contributed by atoms with Gasteiger partial charge in [-0.3, -0.25) is 14.6 Å². The molecule has 0 unspecified atom stereocenters. The number of H-pyrrole nitrogens is 1. The number of hydrogen-bond acceptors (Lipinski definition) is 5. The highest BCUT2D eigenvalue weighted by Crippen LogP contribution is 2.42. The molecule has 0 bridgehead atoms. The molecule has 180 valence electrons. The van der Waals surface area contributed by atoms with Crippen LogP contribution in [0, 0.1) is 0 Å². The maximum atomic E-state index is 13.9. The molecular formula is C26H26ClN5O2S. The van der Waals surface area contributed by atoms with E-state index >= 15 is 0 Å². The molecule has 7 nitrogen and oxygen atoms in total. The van der Waals surface area contributed by atoms with Crippen LogP contribution in [0.5, 0.6) is 0 Å². The summed E-state index contributed by atoms with van der Waals surface area (Å²) in [5, 5.41) is 10.5. The zero-order valence-corrected chi connectivity index (χ0v) is 21.0. The zero-order valence-electron chi connectivity index (χ0n) is 19.4. The Bertz CT molecular complexity index is 1390. The molecular weight excluding hydrogens is 482 g/mol. The molecule has 3 heterocycles. The van der Waals surface area contributed by atoms with Crippen LogP contribution in [0.2, 0.25) is 5.02 Å². The Hall–Kier alpha value is -3.23. The van der Waals surface area contributed by atoms with E-state index in [0.29, 0.717) is 28.6 Å². The van der Waals surface area contributed by atoms with Crippen molar-refractivity contribution in [2.45, 2.75) is 50.9 Å². The number of nitrogens with zero attached hydrogens (tertiary/aromatic N) is 3. The molecule has 1 aliphatic carbocycles. The lowest BCUT2D eigenvalue weighted by Crippen LogP contribution is -2.38. The molecule has 1 fully saturated rings. The maximum Gasteiger partial charge on any atom is 0.252 e. The van der Waals surface area contributed by atoms with E-state index in [4.69, 9.17) is 16.7 Å². The van der Waals surface area contributed by atoms with E-state index in [1.165, 1.54) is 10.7 Å². The highest BCUT2D eigenvalue weighted by molar-refractivity contribution is 7.13. The summed E-state index contributed by atoms with van der Waals surface area (Å²) < 4.78 is 1.53. The van der Waals surface area contributed by atoms with Crippen LogP contribution in [-0.4, -0.2) is 25.7 Å². The fourth-order valence-electron chi connectivity index (χ4n) is 4.78. The van der Waals surface area contributed by atoms with Gasteiger partial charge in [-0.15, -0.1) is 11.3 Å². The fourth-order valence-corrected chi connectivity index (χ4v) is 5.59. The first-order valence-corrected chi connectivity index (χ1v) is 13.1. The average Bonchev–Trinajstić information content (AvgIpc) is 3.60. The maximum absolute atomic E-state index is 13.9. The Morgan fingerprint density at radius 1 is 1.20 bits per heavy atom. The number of hydrogen-bond donors (Lipinski definition) is 2. The van der Waals surface area contributed by atoms with Crippen LogP contribution < -0.4 is 10.9 Å². The van der Waals surface area contributed by atoms with Crippen LogP contribution in [0.4, 0.5) is 5.82 Å². The molecule has 0 atom stereocenters. The average molecular weight is 508 g/mol. The van der Waals surface area contributed by atoms with Crippen molar-refractivity contribution >= 4 is 34.7 Å². The minimum absolute atomic E-state index is 0.0942. The highest BCUT2D eigenvalue weighted by atomic mass is 35.5. The van der Waals surface area contributed by atoms with Crippen molar-refractivity contribution in [2.75, 3.05) is 5.32 Å². The van der Waals surface area contributed by atoms with Crippen molar-refractivity contribution in [1.82, 2.24) is 19.7 Å². The van der Waals surface area contributed by atoms with Crippen LogP contribution in [0.15, 0.2) is 58.7 Å². The minimum Gasteiger partial charge on any atom is -0.310 e. The molecule has 1 aromatic carbocycles. The van der Waals surface area contributed by atoms with Gasteiger partial charge in [0.25, 0.3) is 5.56 Å². The van der Waals surface area contributed by atoms with Gasteiger partial charge in [0.05, 0.1) is 10.3 Å². The second kappa shape index (κ2) is 9.79. The van der Waals surface area contributed by atoms with Crippen LogP contribution in [0.25, 0.3) is 16.5 Å². The number of benzene rings is 1. The number of aromatic amines is 1. The lowest BCUT2D eigenvalue weighted by Gasteiger charge is -2.28. The molecule has 3 aromatic heterocycles. The quantitative estimate of drug-likeness (QED) is 0.333. The number of carbonyl (C=O) groups excluding carboxylic acids is 1. The van der Waals surface area contributed by atoms with Gasteiger partial charge in [-0.05, 0) is 48.4 Å². The van der Waals surface area contributed by atoms with E-state index < -0.39 is 5.41 Å². The third-order valence-corrected chi connectivity index (χ3v) is 7.65. The molecule has 35 heavy (non-hydrogen) atoms. The van der Waals surface area contributed by atoms with Crippen molar-refractivity contribution in [2.24, 2.45) is 0 Å². The molecule has 2 N–H and O–H groups in total. The molecule has 9 heteroatoms. The van der Waals surface area contributed by atoms with Crippen LogP contribution >= 0.6 is 22.9 Å². The number of rotatable bonds is 7. The Morgan fingerprint density at radius 2 is 1.97 bits per heavy atom. The number of carbonyl (C=O) groups is 1. The number of halogens is 1. The summed E-state index contributed by atoms with van der Waals surface area (Å²) >= 11 is 7.67. The predicted octanol–water partition coefficient (Wildman–Crippen LogP) is 5.74. The smallest absolute Gasteiger partial charge is 0.252 e. The normalized spacial score (nSPS) is 14.8. The van der Waals surface area contributed by atoms with Crippen LogP contribution in [-0.2, 0) is 16.6 Å². The Morgan fingerprint density at radius 3 is 2.66 bits per heavy atom. The van der Waals surface area contributed by atoms with Gasteiger partial charge in [-0.25, -0.2) is 4.98 Å². The van der Waals surface area contributed by atoms with Crippen molar-refractivity contribution < 1.29 is 4.79 Å². The van der Waals surface area contributed by atoms with Gasteiger partial charge < -0.3 is 5.32 Å². The summed E-state index contributed by atoms with van der Waals surface area (Å²) in [6.45, 7) is 2.04. The van der Waals surface area contributed by atoms with Gasteiger partial charge in [-0.2, -0.15) is 9.78 Å². The Balaban J connectivity index is 1.57. The van der Waals surface area contributed by atoms with Gasteiger partial charge in [0.15, 0.2) is 0 Å². The van der Waals surface area contributed by atoms with Crippen molar-refractivity contribution in [1.29, 1.82) is 0 Å². The molecule has 0 spiro atoms. The van der Waals surface area contributed by atoms with Gasteiger partial charge >= 0.3 is 0 Å². The number of aromatic nitrogens is 4. The molecule has 0 saturated heterocycles. The van der Waals surface area contributed by atoms with Gasteiger partial charge in [0.1, 0.15) is 11.5 Å².